The summed E-state index contributed by atoms with van der Waals surface area (Å²) in [4.78, 5) is 30.0. The Labute approximate surface area is 281 Å². The van der Waals surface area contributed by atoms with Crippen LogP contribution in [0.1, 0.15) is 48.8 Å². The summed E-state index contributed by atoms with van der Waals surface area (Å²) in [5.41, 5.74) is 2.77. The number of benzene rings is 4. The van der Waals surface area contributed by atoms with Gasteiger partial charge in [-0.05, 0) is 79.4 Å². The molecule has 0 bridgehead atoms. The molecular weight excluding hydrogens is 637 g/mol. The largest absolute Gasteiger partial charge is 0.352 e. The molecular formula is C37H39ClFN3O4S. The molecule has 2 amide bonds. The van der Waals surface area contributed by atoms with Crippen molar-refractivity contribution in [3.8, 4) is 0 Å². The Balaban J connectivity index is 1.55. The predicted molar refractivity (Wildman–Crippen MR) is 183 cm³/mol. The lowest BCUT2D eigenvalue weighted by molar-refractivity contribution is -0.140. The van der Waals surface area contributed by atoms with Crippen LogP contribution in [-0.2, 0) is 32.6 Å². The fraction of sp³-hybridized carbons (Fsp3) is 0.297. The van der Waals surface area contributed by atoms with Gasteiger partial charge in [-0.15, -0.1) is 0 Å². The number of hydrogen-bond acceptors (Lipinski definition) is 4. The van der Waals surface area contributed by atoms with E-state index >= 15 is 0 Å². The molecule has 0 spiro atoms. The number of halogens is 2. The summed E-state index contributed by atoms with van der Waals surface area (Å²) in [7, 11) is -4.32. The maximum Gasteiger partial charge on any atom is 0.264 e. The first-order valence-corrected chi connectivity index (χ1v) is 17.6. The Hall–Kier alpha value is -4.21. The van der Waals surface area contributed by atoms with Crippen molar-refractivity contribution in [1.29, 1.82) is 0 Å². The molecule has 0 heterocycles. The fourth-order valence-corrected chi connectivity index (χ4v) is 7.40. The lowest BCUT2D eigenvalue weighted by Gasteiger charge is -2.35. The van der Waals surface area contributed by atoms with Crippen LogP contribution >= 0.6 is 11.6 Å². The number of amides is 2. The molecule has 0 radical (unpaired) electrons. The first-order chi connectivity index (χ1) is 22.6. The van der Waals surface area contributed by atoms with Crippen LogP contribution in [0.25, 0.3) is 0 Å². The van der Waals surface area contributed by atoms with E-state index in [-0.39, 0.29) is 35.5 Å². The Morgan fingerprint density at radius 2 is 1.49 bits per heavy atom. The highest BCUT2D eigenvalue weighted by atomic mass is 35.5. The molecule has 1 fully saturated rings. The molecule has 0 saturated heterocycles. The molecule has 4 aromatic carbocycles. The SMILES string of the molecule is Cc1ccc(N(CC(=O)N(Cc2ccc(Cl)cc2)C(Cc2ccccc2)C(=O)NC2CCCCC2)S(=O)(=O)c2ccc(F)cc2)cc1. The van der Waals surface area contributed by atoms with Crippen molar-refractivity contribution >= 4 is 39.1 Å². The minimum atomic E-state index is -4.32. The molecule has 5 rings (SSSR count). The first kappa shape index (κ1) is 34.1. The molecule has 246 valence electrons. The number of sulfonamides is 1. The highest BCUT2D eigenvalue weighted by Crippen LogP contribution is 2.26. The van der Waals surface area contributed by atoms with Crippen LogP contribution in [-0.4, -0.2) is 43.8 Å². The Kier molecular flexibility index (Phi) is 11.3. The Morgan fingerprint density at radius 3 is 2.13 bits per heavy atom. The van der Waals surface area contributed by atoms with E-state index in [0.717, 1.165) is 65.2 Å². The van der Waals surface area contributed by atoms with Gasteiger partial charge in [0.05, 0.1) is 10.6 Å². The number of anilines is 1. The van der Waals surface area contributed by atoms with Crippen molar-refractivity contribution in [3.63, 3.8) is 0 Å². The third-order valence-electron chi connectivity index (χ3n) is 8.49. The van der Waals surface area contributed by atoms with Crippen molar-refractivity contribution in [2.24, 2.45) is 0 Å². The maximum absolute atomic E-state index is 14.6. The molecule has 47 heavy (non-hydrogen) atoms. The van der Waals surface area contributed by atoms with Crippen LogP contribution in [0.15, 0.2) is 108 Å². The predicted octanol–water partition coefficient (Wildman–Crippen LogP) is 7.07. The number of hydrogen-bond donors (Lipinski definition) is 1. The van der Waals surface area contributed by atoms with Crippen molar-refractivity contribution in [2.75, 3.05) is 10.8 Å². The van der Waals surface area contributed by atoms with E-state index in [1.54, 1.807) is 48.5 Å². The minimum Gasteiger partial charge on any atom is -0.352 e. The van der Waals surface area contributed by atoms with Crippen molar-refractivity contribution in [2.45, 2.75) is 69.0 Å². The number of aryl methyl sites for hydroxylation is 1. The van der Waals surface area contributed by atoms with Gasteiger partial charge in [0.2, 0.25) is 11.8 Å². The van der Waals surface area contributed by atoms with Crippen molar-refractivity contribution in [3.05, 3.63) is 131 Å². The summed E-state index contributed by atoms with van der Waals surface area (Å²) in [6.45, 7) is 1.34. The highest BCUT2D eigenvalue weighted by molar-refractivity contribution is 7.92. The van der Waals surface area contributed by atoms with Gasteiger partial charge in [-0.1, -0.05) is 91.0 Å². The lowest BCUT2D eigenvalue weighted by Crippen LogP contribution is -2.55. The molecule has 7 nitrogen and oxygen atoms in total. The monoisotopic (exact) mass is 675 g/mol. The Bertz CT molecular complexity index is 1750. The summed E-state index contributed by atoms with van der Waals surface area (Å²) in [5.74, 6) is -1.43. The summed E-state index contributed by atoms with van der Waals surface area (Å²) in [6, 6.07) is 26.8. The van der Waals surface area contributed by atoms with E-state index in [1.807, 2.05) is 37.3 Å². The zero-order chi connectivity index (χ0) is 33.4. The first-order valence-electron chi connectivity index (χ1n) is 15.8. The molecule has 10 heteroatoms. The maximum atomic E-state index is 14.6. The van der Waals surface area contributed by atoms with Crippen molar-refractivity contribution < 1.29 is 22.4 Å². The van der Waals surface area contributed by atoms with Crippen LogP contribution in [0.4, 0.5) is 10.1 Å². The highest BCUT2D eigenvalue weighted by Gasteiger charge is 2.35. The molecule has 1 atom stereocenters. The van der Waals surface area contributed by atoms with Crippen LogP contribution < -0.4 is 9.62 Å². The zero-order valence-electron chi connectivity index (χ0n) is 26.3. The molecule has 4 aromatic rings. The quantitative estimate of drug-likeness (QED) is 0.174. The second-order valence-electron chi connectivity index (χ2n) is 12.0. The second-order valence-corrected chi connectivity index (χ2v) is 14.3. The molecule has 1 saturated carbocycles. The lowest BCUT2D eigenvalue weighted by atomic mass is 9.94. The summed E-state index contributed by atoms with van der Waals surface area (Å²) >= 11 is 6.16. The van der Waals surface area contributed by atoms with Gasteiger partial charge in [0.1, 0.15) is 18.4 Å². The normalized spacial score (nSPS) is 14.3. The minimum absolute atomic E-state index is 0.00455. The second kappa shape index (κ2) is 15.6. The van der Waals surface area contributed by atoms with Gasteiger partial charge in [-0.3, -0.25) is 13.9 Å². The van der Waals surface area contributed by atoms with Crippen LogP contribution in [0.3, 0.4) is 0 Å². The van der Waals surface area contributed by atoms with Crippen LogP contribution in [0, 0.1) is 12.7 Å². The van der Waals surface area contributed by atoms with E-state index in [9.17, 15) is 22.4 Å². The Morgan fingerprint density at radius 1 is 0.851 bits per heavy atom. The van der Waals surface area contributed by atoms with Gasteiger partial charge >= 0.3 is 0 Å². The molecule has 1 unspecified atom stereocenters. The van der Waals surface area contributed by atoms with Gasteiger partial charge in [0.25, 0.3) is 10.0 Å². The van der Waals surface area contributed by atoms with E-state index in [0.29, 0.717) is 5.02 Å². The van der Waals surface area contributed by atoms with Crippen LogP contribution in [0.5, 0.6) is 0 Å². The topological polar surface area (TPSA) is 86.8 Å². The van der Waals surface area contributed by atoms with E-state index < -0.39 is 34.3 Å². The molecule has 0 aromatic heterocycles. The van der Waals surface area contributed by atoms with Gasteiger partial charge in [0.15, 0.2) is 0 Å². The van der Waals surface area contributed by atoms with Gasteiger partial charge in [-0.25, -0.2) is 12.8 Å². The van der Waals surface area contributed by atoms with Gasteiger partial charge in [0, 0.05) is 24.0 Å². The summed E-state index contributed by atoms with van der Waals surface area (Å²) in [6.07, 6.45) is 5.13. The molecule has 1 aliphatic carbocycles. The van der Waals surface area contributed by atoms with E-state index in [4.69, 9.17) is 11.6 Å². The van der Waals surface area contributed by atoms with E-state index in [2.05, 4.69) is 5.32 Å². The third-order valence-corrected chi connectivity index (χ3v) is 10.5. The van der Waals surface area contributed by atoms with E-state index in [1.165, 1.54) is 17.0 Å². The zero-order valence-corrected chi connectivity index (χ0v) is 27.9. The van der Waals surface area contributed by atoms with Crippen molar-refractivity contribution in [1.82, 2.24) is 10.2 Å². The van der Waals surface area contributed by atoms with Gasteiger partial charge < -0.3 is 10.2 Å². The average molecular weight is 676 g/mol. The summed E-state index contributed by atoms with van der Waals surface area (Å²) in [5, 5.41) is 3.73. The summed E-state index contributed by atoms with van der Waals surface area (Å²) < 4.78 is 43.0. The van der Waals surface area contributed by atoms with Crippen LogP contribution in [0.2, 0.25) is 5.02 Å². The molecule has 0 aliphatic heterocycles. The standard InChI is InChI=1S/C37H39ClFN3O4S/c1-27-12-20-33(21-13-27)42(47(45,46)34-22-18-31(39)19-23-34)26-36(43)41(25-29-14-16-30(38)17-15-29)35(24-28-8-4-2-5-9-28)37(44)40-32-10-6-3-7-11-32/h2,4-5,8-9,12-23,32,35H,3,6-7,10-11,24-26H2,1H3,(H,40,44). The molecule has 1 aliphatic rings. The number of carbonyl (C=O) groups excluding carboxylic acids is 2. The number of carbonyl (C=O) groups is 2. The third kappa shape index (κ3) is 8.99. The average Bonchev–Trinajstić information content (AvgIpc) is 3.07. The fourth-order valence-electron chi connectivity index (χ4n) is 5.86. The number of rotatable bonds is 12. The smallest absolute Gasteiger partial charge is 0.264 e. The number of nitrogens with one attached hydrogen (secondary N) is 1. The van der Waals surface area contributed by atoms with Gasteiger partial charge in [-0.2, -0.15) is 0 Å². The number of nitrogens with zero attached hydrogens (tertiary/aromatic N) is 2. The molecule has 1 N–H and O–H groups in total.